The molecule has 1 aromatic heterocycles. The zero-order valence-electron chi connectivity index (χ0n) is 31.5. The van der Waals surface area contributed by atoms with E-state index in [0.29, 0.717) is 84.6 Å². The second-order valence-electron chi connectivity index (χ2n) is 13.9. The number of fused-ring (bicyclic) bond motifs is 1. The van der Waals surface area contributed by atoms with Crippen LogP contribution in [0.25, 0.3) is 10.9 Å². The molecule has 4 aromatic rings. The van der Waals surface area contributed by atoms with Crippen LogP contribution >= 0.6 is 0 Å². The van der Waals surface area contributed by atoms with Crippen molar-refractivity contribution in [1.29, 1.82) is 0 Å². The van der Waals surface area contributed by atoms with Gasteiger partial charge in [0.15, 0.2) is 11.5 Å². The van der Waals surface area contributed by atoms with E-state index in [1.54, 1.807) is 38.1 Å². The van der Waals surface area contributed by atoms with Crippen molar-refractivity contribution in [2.24, 2.45) is 5.41 Å². The molecular formula is C40H49F3N6O5. The van der Waals surface area contributed by atoms with Gasteiger partial charge in [0.2, 0.25) is 5.91 Å². The molecule has 3 aromatic carbocycles. The van der Waals surface area contributed by atoms with Gasteiger partial charge in [-0.1, -0.05) is 12.1 Å². The molecule has 290 valence electrons. The second kappa shape index (κ2) is 17.4. The fourth-order valence-corrected chi connectivity index (χ4v) is 6.45. The van der Waals surface area contributed by atoms with Crippen molar-refractivity contribution in [1.82, 2.24) is 14.9 Å². The highest BCUT2D eigenvalue weighted by molar-refractivity contribution is 5.92. The van der Waals surface area contributed by atoms with E-state index in [9.17, 15) is 22.8 Å². The fraction of sp³-hybridized carbons (Fsp3) is 0.450. The van der Waals surface area contributed by atoms with Gasteiger partial charge in [0, 0.05) is 73.6 Å². The lowest BCUT2D eigenvalue weighted by Gasteiger charge is -2.26. The summed E-state index contributed by atoms with van der Waals surface area (Å²) in [4.78, 5) is 37.1. The van der Waals surface area contributed by atoms with E-state index in [2.05, 4.69) is 10.3 Å². The molecule has 3 N–H and O–H groups in total. The van der Waals surface area contributed by atoms with Gasteiger partial charge in [-0.3, -0.25) is 9.59 Å². The Hall–Kier alpha value is -5.11. The molecule has 11 nitrogen and oxygen atoms in total. The van der Waals surface area contributed by atoms with E-state index in [0.717, 1.165) is 48.9 Å². The molecular weight excluding hydrogens is 701 g/mol. The molecule has 1 amide bonds. The molecule has 1 heterocycles. The number of aldehydes is 1. The number of ether oxygens (including phenoxy) is 3. The number of carbonyl (C=O) groups excluding carboxylic acids is 2. The first kappa shape index (κ1) is 40.1. The number of halogens is 3. The van der Waals surface area contributed by atoms with Gasteiger partial charge in [0.25, 0.3) is 0 Å². The summed E-state index contributed by atoms with van der Waals surface area (Å²) >= 11 is 0. The number of hydrogen-bond donors (Lipinski definition) is 2. The number of nitrogens with two attached hydrogens (primary N) is 1. The highest BCUT2D eigenvalue weighted by Gasteiger charge is 2.45. The molecule has 0 bridgehead atoms. The minimum atomic E-state index is -4.52. The van der Waals surface area contributed by atoms with Crippen molar-refractivity contribution in [3.05, 3.63) is 76.6 Å². The molecule has 0 unspecified atom stereocenters. The minimum absolute atomic E-state index is 0.0108. The molecule has 0 saturated heterocycles. The second-order valence-corrected chi connectivity index (χ2v) is 13.9. The van der Waals surface area contributed by atoms with E-state index >= 15 is 0 Å². The van der Waals surface area contributed by atoms with Crippen LogP contribution in [-0.4, -0.2) is 80.7 Å². The van der Waals surface area contributed by atoms with Gasteiger partial charge in [0.05, 0.1) is 37.8 Å². The number of hydrogen-bond acceptors (Lipinski definition) is 10. The van der Waals surface area contributed by atoms with Crippen molar-refractivity contribution in [2.75, 3.05) is 69.6 Å². The van der Waals surface area contributed by atoms with Crippen molar-refractivity contribution in [2.45, 2.75) is 59.2 Å². The van der Waals surface area contributed by atoms with Crippen LogP contribution in [0, 0.1) is 19.3 Å². The normalized spacial score (nSPS) is 13.4. The number of alkyl halides is 3. The minimum Gasteiger partial charge on any atom is -0.493 e. The average molecular weight is 751 g/mol. The van der Waals surface area contributed by atoms with Crippen LogP contribution in [0.15, 0.2) is 48.5 Å². The topological polar surface area (TPSA) is 132 Å². The standard InChI is InChI=1S/C40H49F3N6O5/c1-6-49(22-28-17-30(40(41,42)43)19-31(44)18-28)38-32-20-36(35(52-5)21-34(32)46-27(3)47-38)54-25-39(12-13-39)24-48(4)37(51)11-16-53-15-8-14-45-33-10-7-9-29(23-50)26(33)2/h7,9-10,17-21,23,45H,6,8,11-16,22,24-25,44H2,1-5H3. The van der Waals surface area contributed by atoms with Crippen LogP contribution in [0.5, 0.6) is 11.5 Å². The first-order valence-corrected chi connectivity index (χ1v) is 18.1. The summed E-state index contributed by atoms with van der Waals surface area (Å²) in [5.41, 5.74) is 8.38. The van der Waals surface area contributed by atoms with Gasteiger partial charge in [-0.25, -0.2) is 9.97 Å². The summed E-state index contributed by atoms with van der Waals surface area (Å²) in [5.74, 6) is 2.00. The van der Waals surface area contributed by atoms with Crippen LogP contribution in [-0.2, 0) is 22.3 Å². The first-order chi connectivity index (χ1) is 25.8. The molecule has 5 rings (SSSR count). The van der Waals surface area contributed by atoms with Gasteiger partial charge in [-0.05, 0) is 81.5 Å². The molecule has 1 aliphatic carbocycles. The summed E-state index contributed by atoms with van der Waals surface area (Å²) in [6.07, 6.45) is -0.857. The predicted octanol–water partition coefficient (Wildman–Crippen LogP) is 7.22. The largest absolute Gasteiger partial charge is 0.493 e. The Morgan fingerprint density at radius 2 is 1.85 bits per heavy atom. The lowest BCUT2D eigenvalue weighted by molar-refractivity contribution is -0.137. The molecule has 54 heavy (non-hydrogen) atoms. The maximum Gasteiger partial charge on any atom is 0.416 e. The number of rotatable bonds is 19. The molecule has 0 spiro atoms. The van der Waals surface area contributed by atoms with E-state index < -0.39 is 11.7 Å². The molecule has 1 fully saturated rings. The highest BCUT2D eigenvalue weighted by atomic mass is 19.4. The van der Waals surface area contributed by atoms with Gasteiger partial charge < -0.3 is 35.1 Å². The molecule has 0 aliphatic heterocycles. The van der Waals surface area contributed by atoms with Crippen LogP contribution in [0.4, 0.5) is 30.4 Å². The predicted molar refractivity (Wildman–Crippen MR) is 203 cm³/mol. The Morgan fingerprint density at radius 3 is 2.54 bits per heavy atom. The third-order valence-electron chi connectivity index (χ3n) is 9.70. The number of methoxy groups -OCH3 is 1. The fourth-order valence-electron chi connectivity index (χ4n) is 6.45. The van der Waals surface area contributed by atoms with Crippen molar-refractivity contribution in [3.63, 3.8) is 0 Å². The third-order valence-corrected chi connectivity index (χ3v) is 9.70. The quantitative estimate of drug-likeness (QED) is 0.0575. The van der Waals surface area contributed by atoms with Crippen LogP contribution in [0.2, 0.25) is 0 Å². The van der Waals surface area contributed by atoms with E-state index in [4.69, 9.17) is 24.9 Å². The Labute approximate surface area is 314 Å². The summed E-state index contributed by atoms with van der Waals surface area (Å²) in [5, 5.41) is 3.99. The smallest absolute Gasteiger partial charge is 0.416 e. The molecule has 14 heteroatoms. The van der Waals surface area contributed by atoms with Crippen LogP contribution in [0.3, 0.4) is 0 Å². The van der Waals surface area contributed by atoms with Crippen LogP contribution in [0.1, 0.15) is 65.5 Å². The van der Waals surface area contributed by atoms with Gasteiger partial charge in [-0.2, -0.15) is 13.2 Å². The Bertz CT molecular complexity index is 1950. The number of aryl methyl sites for hydroxylation is 1. The van der Waals surface area contributed by atoms with E-state index in [1.165, 1.54) is 6.07 Å². The van der Waals surface area contributed by atoms with E-state index in [1.807, 2.05) is 36.9 Å². The van der Waals surface area contributed by atoms with Crippen molar-refractivity contribution >= 4 is 40.3 Å². The molecule has 1 saturated carbocycles. The highest BCUT2D eigenvalue weighted by Crippen LogP contribution is 2.47. The van der Waals surface area contributed by atoms with Crippen LogP contribution < -0.4 is 25.4 Å². The SMILES string of the molecule is CCN(Cc1cc(N)cc(C(F)(F)F)c1)c1nc(C)nc2cc(OC)c(OCC3(CN(C)C(=O)CCOCCCNc4cccc(C=O)c4C)CC3)cc12. The van der Waals surface area contributed by atoms with Gasteiger partial charge in [-0.15, -0.1) is 0 Å². The summed E-state index contributed by atoms with van der Waals surface area (Å²) in [7, 11) is 3.34. The first-order valence-electron chi connectivity index (χ1n) is 18.1. The number of carbonyl (C=O) groups is 2. The van der Waals surface area contributed by atoms with Crippen molar-refractivity contribution < 1.29 is 37.0 Å². The Morgan fingerprint density at radius 1 is 1.07 bits per heavy atom. The molecule has 0 radical (unpaired) electrons. The number of aromatic nitrogens is 2. The van der Waals surface area contributed by atoms with Gasteiger partial charge in [0.1, 0.15) is 17.9 Å². The number of nitrogen functional groups attached to an aromatic ring is 1. The Kier molecular flexibility index (Phi) is 12.9. The number of anilines is 3. The zero-order valence-corrected chi connectivity index (χ0v) is 31.5. The number of nitrogens with zero attached hydrogens (tertiary/aromatic N) is 4. The lowest BCUT2D eigenvalue weighted by atomic mass is 10.1. The number of benzene rings is 3. The van der Waals surface area contributed by atoms with Crippen molar-refractivity contribution in [3.8, 4) is 11.5 Å². The van der Waals surface area contributed by atoms with Gasteiger partial charge >= 0.3 is 6.18 Å². The summed E-state index contributed by atoms with van der Waals surface area (Å²) in [6, 6.07) is 12.7. The maximum atomic E-state index is 13.6. The summed E-state index contributed by atoms with van der Waals surface area (Å²) in [6.45, 7) is 8.55. The zero-order chi connectivity index (χ0) is 39.0. The average Bonchev–Trinajstić information content (AvgIpc) is 3.90. The Balaban J connectivity index is 1.17. The van der Waals surface area contributed by atoms with E-state index in [-0.39, 0.29) is 30.0 Å². The monoisotopic (exact) mass is 750 g/mol. The summed E-state index contributed by atoms with van der Waals surface area (Å²) < 4.78 is 58.5. The number of nitrogens with one attached hydrogen (secondary N) is 1. The molecule has 1 aliphatic rings. The third kappa shape index (κ3) is 10.1. The maximum absolute atomic E-state index is 13.6. The lowest BCUT2D eigenvalue weighted by Crippen LogP contribution is -2.35. The molecule has 0 atom stereocenters. The number of amides is 1.